The molecule has 1 aromatic carbocycles. The van der Waals surface area contributed by atoms with Crippen LogP contribution in [0.1, 0.15) is 12.0 Å². The molecule has 76 valence electrons. The highest BCUT2D eigenvalue weighted by Crippen LogP contribution is 2.22. The van der Waals surface area contributed by atoms with Crippen LogP contribution in [0.3, 0.4) is 0 Å². The van der Waals surface area contributed by atoms with E-state index in [2.05, 4.69) is 5.32 Å². The van der Waals surface area contributed by atoms with Crippen LogP contribution in [0.25, 0.3) is 6.08 Å². The zero-order valence-electron chi connectivity index (χ0n) is 8.23. The van der Waals surface area contributed by atoms with E-state index < -0.39 is 0 Å². The van der Waals surface area contributed by atoms with Crippen molar-refractivity contribution in [3.8, 4) is 0 Å². The number of carbonyl (C=O) groups excluding carboxylic acids is 1. The molecule has 2 rings (SSSR count). The zero-order valence-corrected chi connectivity index (χ0v) is 8.23. The summed E-state index contributed by atoms with van der Waals surface area (Å²) >= 11 is 0. The number of nitrogens with two attached hydrogens (primary N) is 1. The third-order valence-electron chi connectivity index (χ3n) is 2.19. The minimum Gasteiger partial charge on any atom is -0.369 e. The Bertz CT molecular complexity index is 447. The molecule has 3 heteroatoms. The highest BCUT2D eigenvalue weighted by molar-refractivity contribution is 5.79. The van der Waals surface area contributed by atoms with Gasteiger partial charge in [-0.15, -0.1) is 0 Å². The number of carbonyl (C=O) groups is 1. The van der Waals surface area contributed by atoms with Crippen LogP contribution in [0.4, 0.5) is 5.69 Å². The minimum absolute atomic E-state index is 0.235. The fraction of sp³-hybridized carbons (Fsp3) is 0.0833. The molecular formula is C12H12N2O. The number of rotatable bonds is 2. The molecule has 1 aliphatic rings. The lowest BCUT2D eigenvalue weighted by Crippen LogP contribution is -2.14. The van der Waals surface area contributed by atoms with Crippen molar-refractivity contribution < 1.29 is 4.79 Å². The summed E-state index contributed by atoms with van der Waals surface area (Å²) in [7, 11) is 0. The molecular weight excluding hydrogens is 188 g/mol. The predicted molar refractivity (Wildman–Crippen MR) is 61.0 cm³/mol. The van der Waals surface area contributed by atoms with Crippen molar-refractivity contribution in [3.05, 3.63) is 47.7 Å². The molecule has 0 unspecified atom stereocenters. The van der Waals surface area contributed by atoms with E-state index in [9.17, 15) is 4.79 Å². The van der Waals surface area contributed by atoms with E-state index in [1.165, 1.54) is 0 Å². The van der Waals surface area contributed by atoms with E-state index in [1.807, 2.05) is 42.5 Å². The number of allylic oxidation sites excluding steroid dienone is 2. The predicted octanol–water partition coefficient (Wildman–Crippen LogP) is 1.88. The van der Waals surface area contributed by atoms with Crippen molar-refractivity contribution in [2.45, 2.75) is 6.42 Å². The minimum atomic E-state index is -0.332. The lowest BCUT2D eigenvalue weighted by atomic mass is 10.2. The van der Waals surface area contributed by atoms with Gasteiger partial charge in [-0.25, -0.2) is 0 Å². The summed E-state index contributed by atoms with van der Waals surface area (Å²) < 4.78 is 0. The maximum atomic E-state index is 10.8. The van der Waals surface area contributed by atoms with Crippen LogP contribution in [0, 0.1) is 0 Å². The van der Waals surface area contributed by atoms with Crippen molar-refractivity contribution in [1.29, 1.82) is 0 Å². The summed E-state index contributed by atoms with van der Waals surface area (Å²) in [6.45, 7) is 0. The molecule has 0 spiro atoms. The largest absolute Gasteiger partial charge is 0.369 e. The number of benzene rings is 1. The van der Waals surface area contributed by atoms with E-state index in [0.717, 1.165) is 16.9 Å². The fourth-order valence-electron chi connectivity index (χ4n) is 1.53. The number of amides is 1. The average molecular weight is 200 g/mol. The molecule has 0 radical (unpaired) electrons. The van der Waals surface area contributed by atoms with Crippen LogP contribution in [0.5, 0.6) is 0 Å². The fourth-order valence-corrected chi connectivity index (χ4v) is 1.53. The number of primary amides is 1. The van der Waals surface area contributed by atoms with Gasteiger partial charge in [0.05, 0.1) is 6.42 Å². The quantitative estimate of drug-likeness (QED) is 0.765. The van der Waals surface area contributed by atoms with Crippen LogP contribution in [0.2, 0.25) is 0 Å². The normalized spacial score (nSPS) is 13.5. The summed E-state index contributed by atoms with van der Waals surface area (Å²) in [5.41, 5.74) is 8.08. The number of para-hydroxylation sites is 1. The maximum absolute atomic E-state index is 10.8. The Morgan fingerprint density at radius 1 is 1.33 bits per heavy atom. The van der Waals surface area contributed by atoms with Crippen LogP contribution in [-0.2, 0) is 4.79 Å². The molecule has 1 amide bonds. The molecule has 0 aromatic heterocycles. The second kappa shape index (κ2) is 4.00. The van der Waals surface area contributed by atoms with Gasteiger partial charge < -0.3 is 11.1 Å². The van der Waals surface area contributed by atoms with Crippen LogP contribution in [-0.4, -0.2) is 5.91 Å². The molecule has 3 N–H and O–H groups in total. The van der Waals surface area contributed by atoms with E-state index in [0.29, 0.717) is 0 Å². The maximum Gasteiger partial charge on any atom is 0.223 e. The Morgan fingerprint density at radius 2 is 2.13 bits per heavy atom. The first kappa shape index (κ1) is 9.52. The average Bonchev–Trinajstić information content (AvgIpc) is 2.38. The molecule has 0 fully saturated rings. The van der Waals surface area contributed by atoms with Gasteiger partial charge >= 0.3 is 0 Å². The topological polar surface area (TPSA) is 55.1 Å². The first-order valence-electron chi connectivity index (χ1n) is 4.77. The van der Waals surface area contributed by atoms with Crippen molar-refractivity contribution in [1.82, 2.24) is 0 Å². The highest BCUT2D eigenvalue weighted by Gasteiger charge is 2.06. The number of nitrogens with one attached hydrogen (secondary N) is 1. The smallest absolute Gasteiger partial charge is 0.223 e. The van der Waals surface area contributed by atoms with E-state index >= 15 is 0 Å². The molecule has 0 saturated carbocycles. The third kappa shape index (κ3) is 2.26. The zero-order chi connectivity index (χ0) is 10.7. The van der Waals surface area contributed by atoms with E-state index in [1.54, 1.807) is 0 Å². The summed E-state index contributed by atoms with van der Waals surface area (Å²) in [5.74, 6) is -0.332. The second-order valence-electron chi connectivity index (χ2n) is 3.41. The Hall–Kier alpha value is -2.03. The van der Waals surface area contributed by atoms with E-state index in [-0.39, 0.29) is 12.3 Å². The monoisotopic (exact) mass is 200 g/mol. The molecule has 0 aliphatic carbocycles. The van der Waals surface area contributed by atoms with Crippen molar-refractivity contribution >= 4 is 17.7 Å². The van der Waals surface area contributed by atoms with Gasteiger partial charge in [0, 0.05) is 11.4 Å². The highest BCUT2D eigenvalue weighted by atomic mass is 16.1. The summed E-state index contributed by atoms with van der Waals surface area (Å²) in [5, 5.41) is 3.19. The molecule has 0 atom stereocenters. The standard InChI is InChI=1S/C12H12N2O/c13-12(15)8-10-6-3-5-9-4-1-2-7-11(9)14-10/h1-7,14H,8H2,(H2,13,15). The molecule has 0 bridgehead atoms. The summed E-state index contributed by atoms with van der Waals surface area (Å²) in [6, 6.07) is 7.91. The first-order chi connectivity index (χ1) is 7.25. The SMILES string of the molecule is NC(=O)CC1=CC=Cc2ccccc2N1. The summed E-state index contributed by atoms with van der Waals surface area (Å²) in [6.07, 6.45) is 6.01. The van der Waals surface area contributed by atoms with Gasteiger partial charge in [0.2, 0.25) is 5.91 Å². The third-order valence-corrected chi connectivity index (χ3v) is 2.19. The van der Waals surface area contributed by atoms with Gasteiger partial charge in [-0.2, -0.15) is 0 Å². The van der Waals surface area contributed by atoms with Gasteiger partial charge in [0.25, 0.3) is 0 Å². The van der Waals surface area contributed by atoms with Gasteiger partial charge in [-0.1, -0.05) is 30.4 Å². The Balaban J connectivity index is 2.27. The first-order valence-corrected chi connectivity index (χ1v) is 4.77. The molecule has 15 heavy (non-hydrogen) atoms. The van der Waals surface area contributed by atoms with E-state index in [4.69, 9.17) is 5.73 Å². The molecule has 1 aliphatic heterocycles. The second-order valence-corrected chi connectivity index (χ2v) is 3.41. The molecule has 0 saturated heterocycles. The van der Waals surface area contributed by atoms with Gasteiger partial charge in [-0.3, -0.25) is 4.79 Å². The van der Waals surface area contributed by atoms with Crippen LogP contribution in [0.15, 0.2) is 42.1 Å². The van der Waals surface area contributed by atoms with Crippen LogP contribution < -0.4 is 11.1 Å². The number of anilines is 1. The van der Waals surface area contributed by atoms with Gasteiger partial charge in [0.15, 0.2) is 0 Å². The number of hydrogen-bond acceptors (Lipinski definition) is 2. The Morgan fingerprint density at radius 3 is 2.93 bits per heavy atom. The lowest BCUT2D eigenvalue weighted by Gasteiger charge is -2.09. The summed E-state index contributed by atoms with van der Waals surface area (Å²) in [4.78, 5) is 10.8. The Kier molecular flexibility index (Phi) is 2.54. The lowest BCUT2D eigenvalue weighted by molar-refractivity contribution is -0.117. The molecule has 1 aromatic rings. The van der Waals surface area contributed by atoms with Crippen molar-refractivity contribution in [2.75, 3.05) is 5.32 Å². The van der Waals surface area contributed by atoms with Crippen LogP contribution >= 0.6 is 0 Å². The van der Waals surface area contributed by atoms with Gasteiger partial charge in [0.1, 0.15) is 0 Å². The Labute approximate surface area is 88.3 Å². The van der Waals surface area contributed by atoms with Crippen molar-refractivity contribution in [2.24, 2.45) is 5.73 Å². The number of hydrogen-bond donors (Lipinski definition) is 2. The number of fused-ring (bicyclic) bond motifs is 1. The van der Waals surface area contributed by atoms with Gasteiger partial charge in [-0.05, 0) is 17.7 Å². The van der Waals surface area contributed by atoms with Crippen molar-refractivity contribution in [3.63, 3.8) is 0 Å². The molecule has 1 heterocycles. The molecule has 3 nitrogen and oxygen atoms in total.